The van der Waals surface area contributed by atoms with Crippen molar-refractivity contribution in [2.75, 3.05) is 5.32 Å². The number of carbonyl (C=O) groups excluding carboxylic acids is 1. The third kappa shape index (κ3) is 3.73. The van der Waals surface area contributed by atoms with Crippen LogP contribution in [0.15, 0.2) is 24.3 Å². The highest BCUT2D eigenvalue weighted by Gasteiger charge is 2.27. The molecule has 0 aliphatic heterocycles. The van der Waals surface area contributed by atoms with Crippen LogP contribution in [0.2, 0.25) is 0 Å². The van der Waals surface area contributed by atoms with Gasteiger partial charge in [0.05, 0.1) is 0 Å². The molecule has 3 aromatic rings. The van der Waals surface area contributed by atoms with Crippen LogP contribution < -0.4 is 5.32 Å². The quantitative estimate of drug-likeness (QED) is 0.631. The Morgan fingerprint density at radius 2 is 2.12 bits per heavy atom. The Morgan fingerprint density at radius 1 is 1.35 bits per heavy atom. The van der Waals surface area contributed by atoms with E-state index in [1.54, 1.807) is 0 Å². The topological polar surface area (TPSA) is 88.5 Å². The summed E-state index contributed by atoms with van der Waals surface area (Å²) in [6, 6.07) is 8.04. The number of aryl methyl sites for hydroxylation is 1. The summed E-state index contributed by atoms with van der Waals surface area (Å²) in [5, 5.41) is 19.7. The van der Waals surface area contributed by atoms with E-state index >= 15 is 0 Å². The number of nitrogens with zero attached hydrogens (tertiary/aromatic N) is 4. The second-order valence-electron chi connectivity index (χ2n) is 6.39. The number of benzene rings is 1. The maximum atomic E-state index is 12.3. The molecule has 0 atom stereocenters. The minimum atomic E-state index is -0.110. The fourth-order valence-electron chi connectivity index (χ4n) is 2.62. The van der Waals surface area contributed by atoms with Gasteiger partial charge in [-0.05, 0) is 32.0 Å². The minimum absolute atomic E-state index is 0.110. The Morgan fingerprint density at radius 3 is 2.85 bits per heavy atom. The molecule has 1 aliphatic carbocycles. The van der Waals surface area contributed by atoms with Gasteiger partial charge in [0, 0.05) is 24.4 Å². The number of rotatable bonds is 6. The van der Waals surface area contributed by atoms with Crippen LogP contribution in [0.5, 0.6) is 0 Å². The third-order valence-corrected chi connectivity index (χ3v) is 5.56. The monoisotopic (exact) mass is 386 g/mol. The first-order chi connectivity index (χ1) is 12.6. The molecule has 2 N–H and O–H groups in total. The lowest BCUT2D eigenvalue weighted by Crippen LogP contribution is -2.15. The summed E-state index contributed by atoms with van der Waals surface area (Å²) in [5.41, 5.74) is 2.14. The molecule has 2 aromatic heterocycles. The Kier molecular flexibility index (Phi) is 4.64. The zero-order chi connectivity index (χ0) is 18.1. The number of anilines is 1. The number of aromatic nitrogens is 5. The molecule has 26 heavy (non-hydrogen) atoms. The SMILES string of the molecule is Cc1ccc(-c2n[nH]c(=S)n2CCC(=O)Nc2nnc(C3CC3)s2)cc1. The normalized spacial score (nSPS) is 13.7. The predicted octanol–water partition coefficient (Wildman–Crippen LogP) is 3.67. The van der Waals surface area contributed by atoms with Crippen LogP contribution in [0, 0.1) is 11.7 Å². The van der Waals surface area contributed by atoms with Crippen molar-refractivity contribution >= 4 is 34.6 Å². The molecular formula is C17H18N6OS2. The van der Waals surface area contributed by atoms with Gasteiger partial charge < -0.3 is 5.32 Å². The zero-order valence-electron chi connectivity index (χ0n) is 14.2. The molecule has 1 aliphatic rings. The molecule has 1 saturated carbocycles. The highest BCUT2D eigenvalue weighted by molar-refractivity contribution is 7.71. The van der Waals surface area contributed by atoms with Gasteiger partial charge >= 0.3 is 0 Å². The van der Waals surface area contributed by atoms with E-state index in [1.807, 2.05) is 35.8 Å². The van der Waals surface area contributed by atoms with Gasteiger partial charge in [0.15, 0.2) is 10.6 Å². The lowest BCUT2D eigenvalue weighted by Gasteiger charge is -2.07. The Balaban J connectivity index is 1.42. The van der Waals surface area contributed by atoms with E-state index in [9.17, 15) is 4.79 Å². The molecule has 7 nitrogen and oxygen atoms in total. The molecule has 4 rings (SSSR count). The first-order valence-corrected chi connectivity index (χ1v) is 9.68. The maximum Gasteiger partial charge on any atom is 0.227 e. The molecule has 1 fully saturated rings. The first-order valence-electron chi connectivity index (χ1n) is 8.45. The molecular weight excluding hydrogens is 368 g/mol. The van der Waals surface area contributed by atoms with Gasteiger partial charge in [0.25, 0.3) is 0 Å². The molecule has 1 aromatic carbocycles. The molecule has 2 heterocycles. The van der Waals surface area contributed by atoms with Gasteiger partial charge in [-0.2, -0.15) is 5.10 Å². The van der Waals surface area contributed by atoms with E-state index in [2.05, 4.69) is 25.7 Å². The molecule has 0 radical (unpaired) electrons. The smallest absolute Gasteiger partial charge is 0.227 e. The number of carbonyl (C=O) groups is 1. The van der Waals surface area contributed by atoms with E-state index in [0.717, 1.165) is 16.4 Å². The summed E-state index contributed by atoms with van der Waals surface area (Å²) in [7, 11) is 0. The van der Waals surface area contributed by atoms with Crippen LogP contribution >= 0.6 is 23.6 Å². The van der Waals surface area contributed by atoms with E-state index in [4.69, 9.17) is 12.2 Å². The molecule has 9 heteroatoms. The Bertz CT molecular complexity index is 983. The van der Waals surface area contributed by atoms with E-state index < -0.39 is 0 Å². The average molecular weight is 387 g/mol. The highest BCUT2D eigenvalue weighted by atomic mass is 32.1. The summed E-state index contributed by atoms with van der Waals surface area (Å²) in [4.78, 5) is 12.3. The lowest BCUT2D eigenvalue weighted by molar-refractivity contribution is -0.116. The van der Waals surface area contributed by atoms with Crippen LogP contribution in [-0.4, -0.2) is 30.9 Å². The van der Waals surface area contributed by atoms with Gasteiger partial charge in [0.2, 0.25) is 11.0 Å². The van der Waals surface area contributed by atoms with E-state index in [0.29, 0.717) is 22.4 Å². The molecule has 1 amide bonds. The Hall–Kier alpha value is -2.39. The van der Waals surface area contributed by atoms with Crippen molar-refractivity contribution in [3.63, 3.8) is 0 Å². The molecule has 0 spiro atoms. The van der Waals surface area contributed by atoms with Gasteiger partial charge in [0.1, 0.15) is 5.01 Å². The summed E-state index contributed by atoms with van der Waals surface area (Å²) in [6.07, 6.45) is 2.62. The molecule has 0 saturated heterocycles. The molecule has 0 unspecified atom stereocenters. The number of hydrogen-bond acceptors (Lipinski definition) is 6. The van der Waals surface area contributed by atoms with Crippen molar-refractivity contribution in [2.24, 2.45) is 0 Å². The molecule has 0 bridgehead atoms. The predicted molar refractivity (Wildman–Crippen MR) is 103 cm³/mol. The molecule has 134 valence electrons. The fraction of sp³-hybridized carbons (Fsp3) is 0.353. The second kappa shape index (κ2) is 7.08. The van der Waals surface area contributed by atoms with Gasteiger partial charge in [-0.25, -0.2) is 0 Å². The van der Waals surface area contributed by atoms with Crippen molar-refractivity contribution in [1.82, 2.24) is 25.0 Å². The van der Waals surface area contributed by atoms with E-state index in [-0.39, 0.29) is 12.3 Å². The van der Waals surface area contributed by atoms with E-state index in [1.165, 1.54) is 29.7 Å². The van der Waals surface area contributed by atoms with Crippen molar-refractivity contribution in [3.8, 4) is 11.4 Å². The van der Waals surface area contributed by atoms with Gasteiger partial charge in [-0.3, -0.25) is 14.5 Å². The van der Waals surface area contributed by atoms with Crippen molar-refractivity contribution in [2.45, 2.75) is 38.6 Å². The summed E-state index contributed by atoms with van der Waals surface area (Å²) < 4.78 is 2.34. The van der Waals surface area contributed by atoms with Crippen LogP contribution in [0.3, 0.4) is 0 Å². The lowest BCUT2D eigenvalue weighted by atomic mass is 10.1. The van der Waals surface area contributed by atoms with Crippen LogP contribution in [0.25, 0.3) is 11.4 Å². The summed E-state index contributed by atoms with van der Waals surface area (Å²) >= 11 is 6.77. The number of H-pyrrole nitrogens is 1. The largest absolute Gasteiger partial charge is 0.300 e. The number of amides is 1. The highest BCUT2D eigenvalue weighted by Crippen LogP contribution is 2.42. The Labute approximate surface area is 159 Å². The fourth-order valence-corrected chi connectivity index (χ4v) is 3.78. The number of aromatic amines is 1. The number of nitrogens with one attached hydrogen (secondary N) is 2. The second-order valence-corrected chi connectivity index (χ2v) is 7.78. The average Bonchev–Trinajstić information content (AvgIpc) is 3.27. The van der Waals surface area contributed by atoms with Crippen molar-refractivity contribution in [1.29, 1.82) is 0 Å². The maximum absolute atomic E-state index is 12.3. The van der Waals surface area contributed by atoms with Crippen LogP contribution in [0.1, 0.15) is 35.8 Å². The van der Waals surface area contributed by atoms with Crippen LogP contribution in [0.4, 0.5) is 5.13 Å². The third-order valence-electron chi connectivity index (χ3n) is 4.24. The summed E-state index contributed by atoms with van der Waals surface area (Å²) in [5.74, 6) is 1.16. The first kappa shape index (κ1) is 17.0. The van der Waals surface area contributed by atoms with Crippen molar-refractivity contribution in [3.05, 3.63) is 39.6 Å². The van der Waals surface area contributed by atoms with Gasteiger partial charge in [-0.1, -0.05) is 41.2 Å². The zero-order valence-corrected chi connectivity index (χ0v) is 15.9. The standard InChI is InChI=1S/C17H18N6OS2/c1-10-2-4-11(5-3-10)14-19-22-17(25)23(14)9-8-13(24)18-16-21-20-15(26-16)12-6-7-12/h2-5,12H,6-9H2,1H3,(H,22,25)(H,18,21,24). The van der Waals surface area contributed by atoms with Crippen molar-refractivity contribution < 1.29 is 4.79 Å². The van der Waals surface area contributed by atoms with Gasteiger partial charge in [-0.15, -0.1) is 10.2 Å². The minimum Gasteiger partial charge on any atom is -0.300 e. The summed E-state index contributed by atoms with van der Waals surface area (Å²) in [6.45, 7) is 2.48. The van der Waals surface area contributed by atoms with Crippen LogP contribution in [-0.2, 0) is 11.3 Å². The number of hydrogen-bond donors (Lipinski definition) is 2.